The number of nitrogens with zero attached hydrogens (tertiary/aromatic N) is 2. The molecule has 0 radical (unpaired) electrons. The molecular formula is C20H33BN2O2. The molecule has 0 spiro atoms. The molecule has 2 aliphatic heterocycles. The van der Waals surface area contributed by atoms with Crippen LogP contribution in [-0.2, 0) is 15.9 Å². The van der Waals surface area contributed by atoms with Crippen molar-refractivity contribution in [2.75, 3.05) is 25.5 Å². The molecule has 1 aromatic rings. The average molecular weight is 344 g/mol. The maximum atomic E-state index is 6.30. The van der Waals surface area contributed by atoms with Crippen LogP contribution in [0, 0.1) is 0 Å². The highest BCUT2D eigenvalue weighted by Gasteiger charge is 2.51. The zero-order valence-electron chi connectivity index (χ0n) is 16.9. The molecular weight excluding hydrogens is 311 g/mol. The van der Waals surface area contributed by atoms with Crippen molar-refractivity contribution >= 4 is 18.3 Å². The Kier molecular flexibility index (Phi) is 4.95. The van der Waals surface area contributed by atoms with Crippen LogP contribution in [0.15, 0.2) is 18.2 Å². The predicted octanol–water partition coefficient (Wildman–Crippen LogP) is 3.04. The Bertz CT molecular complexity index is 614. The smallest absolute Gasteiger partial charge is 0.399 e. The van der Waals surface area contributed by atoms with Gasteiger partial charge in [-0.05, 0) is 84.7 Å². The molecule has 0 aromatic heterocycles. The van der Waals surface area contributed by atoms with Gasteiger partial charge in [-0.1, -0.05) is 6.07 Å². The number of anilines is 1. The van der Waals surface area contributed by atoms with E-state index in [0.29, 0.717) is 6.04 Å². The van der Waals surface area contributed by atoms with Gasteiger partial charge in [0.1, 0.15) is 0 Å². The summed E-state index contributed by atoms with van der Waals surface area (Å²) in [5, 5.41) is 0. The summed E-state index contributed by atoms with van der Waals surface area (Å²) in [4.78, 5) is 4.73. The minimum atomic E-state index is -0.309. The maximum absolute atomic E-state index is 6.30. The van der Waals surface area contributed by atoms with E-state index >= 15 is 0 Å². The molecule has 25 heavy (non-hydrogen) atoms. The Balaban J connectivity index is 1.95. The van der Waals surface area contributed by atoms with Crippen LogP contribution in [-0.4, -0.2) is 49.9 Å². The van der Waals surface area contributed by atoms with Gasteiger partial charge in [0, 0.05) is 24.8 Å². The van der Waals surface area contributed by atoms with Crippen molar-refractivity contribution in [2.45, 2.75) is 71.2 Å². The van der Waals surface area contributed by atoms with Gasteiger partial charge in [-0.15, -0.1) is 0 Å². The van der Waals surface area contributed by atoms with Crippen molar-refractivity contribution in [1.82, 2.24) is 4.90 Å². The standard InChI is InChI=1S/C20H33BN2O2/c1-15-9-8-10-23(15)18-12-16(14-22(6)7)11-17(13-18)21-24-19(2,3)20(4,5)25-21/h11-13,15H,8-10,14H2,1-7H3. The van der Waals surface area contributed by atoms with Crippen LogP contribution in [0.4, 0.5) is 5.69 Å². The summed E-state index contributed by atoms with van der Waals surface area (Å²) in [6.07, 6.45) is 2.54. The summed E-state index contributed by atoms with van der Waals surface area (Å²) in [5.41, 5.74) is 3.12. The van der Waals surface area contributed by atoms with Crippen molar-refractivity contribution in [2.24, 2.45) is 0 Å². The first-order valence-corrected chi connectivity index (χ1v) is 9.50. The first-order valence-electron chi connectivity index (χ1n) is 9.50. The first kappa shape index (κ1) is 18.7. The van der Waals surface area contributed by atoms with Gasteiger partial charge >= 0.3 is 7.12 Å². The lowest BCUT2D eigenvalue weighted by molar-refractivity contribution is 0.00578. The zero-order chi connectivity index (χ0) is 18.4. The van der Waals surface area contributed by atoms with E-state index in [2.05, 4.69) is 76.7 Å². The Labute approximate surface area is 153 Å². The Morgan fingerprint density at radius 2 is 1.76 bits per heavy atom. The molecule has 5 heteroatoms. The van der Waals surface area contributed by atoms with E-state index in [0.717, 1.165) is 18.6 Å². The molecule has 1 unspecified atom stereocenters. The van der Waals surface area contributed by atoms with Crippen LogP contribution >= 0.6 is 0 Å². The number of rotatable bonds is 4. The van der Waals surface area contributed by atoms with E-state index < -0.39 is 0 Å². The largest absolute Gasteiger partial charge is 0.494 e. The lowest BCUT2D eigenvalue weighted by Gasteiger charge is -2.32. The van der Waals surface area contributed by atoms with Gasteiger partial charge in [-0.25, -0.2) is 0 Å². The van der Waals surface area contributed by atoms with E-state index in [9.17, 15) is 0 Å². The Hall–Kier alpha value is -1.04. The molecule has 1 atom stereocenters. The third-order valence-corrected chi connectivity index (χ3v) is 5.91. The topological polar surface area (TPSA) is 24.9 Å². The number of hydrogen-bond donors (Lipinski definition) is 0. The summed E-state index contributed by atoms with van der Waals surface area (Å²) < 4.78 is 12.6. The van der Waals surface area contributed by atoms with Gasteiger partial charge in [-0.2, -0.15) is 0 Å². The number of hydrogen-bond acceptors (Lipinski definition) is 4. The van der Waals surface area contributed by atoms with Crippen LogP contribution < -0.4 is 10.4 Å². The summed E-state index contributed by atoms with van der Waals surface area (Å²) in [7, 11) is 3.92. The highest BCUT2D eigenvalue weighted by Crippen LogP contribution is 2.37. The molecule has 0 N–H and O–H groups in total. The van der Waals surface area contributed by atoms with Crippen molar-refractivity contribution in [3.63, 3.8) is 0 Å². The molecule has 138 valence electrons. The SMILES string of the molecule is CC1CCCN1c1cc(CN(C)C)cc(B2OC(C)(C)C(C)(C)O2)c1. The summed E-state index contributed by atoms with van der Waals surface area (Å²) in [6.45, 7) is 12.8. The van der Waals surface area contributed by atoms with Crippen molar-refractivity contribution in [1.29, 1.82) is 0 Å². The molecule has 3 rings (SSSR count). The molecule has 0 bridgehead atoms. The Morgan fingerprint density at radius 3 is 2.28 bits per heavy atom. The van der Waals surface area contributed by atoms with Crippen LogP contribution in [0.2, 0.25) is 0 Å². The van der Waals surface area contributed by atoms with E-state index in [1.807, 2.05) is 0 Å². The molecule has 1 aromatic carbocycles. The van der Waals surface area contributed by atoms with Crippen molar-refractivity contribution in [3.05, 3.63) is 23.8 Å². The van der Waals surface area contributed by atoms with E-state index in [-0.39, 0.29) is 18.3 Å². The summed E-state index contributed by atoms with van der Waals surface area (Å²) in [5.74, 6) is 0. The fraction of sp³-hybridized carbons (Fsp3) is 0.700. The normalized spacial score (nSPS) is 25.2. The van der Waals surface area contributed by atoms with E-state index in [4.69, 9.17) is 9.31 Å². The summed E-state index contributed by atoms with van der Waals surface area (Å²) >= 11 is 0. The molecule has 0 amide bonds. The van der Waals surface area contributed by atoms with E-state index in [1.165, 1.54) is 24.1 Å². The fourth-order valence-electron chi connectivity index (χ4n) is 3.75. The molecule has 2 heterocycles. The first-order chi connectivity index (χ1) is 11.6. The monoisotopic (exact) mass is 344 g/mol. The lowest BCUT2D eigenvalue weighted by Crippen LogP contribution is -2.41. The van der Waals surface area contributed by atoms with E-state index in [1.54, 1.807) is 0 Å². The third-order valence-electron chi connectivity index (χ3n) is 5.91. The zero-order valence-corrected chi connectivity index (χ0v) is 16.9. The minimum absolute atomic E-state index is 0.302. The van der Waals surface area contributed by atoms with Gasteiger partial charge in [0.05, 0.1) is 11.2 Å². The van der Waals surface area contributed by atoms with Gasteiger partial charge in [-0.3, -0.25) is 0 Å². The van der Waals surface area contributed by atoms with Crippen molar-refractivity contribution in [3.8, 4) is 0 Å². The second-order valence-electron chi connectivity index (χ2n) is 8.94. The Morgan fingerprint density at radius 1 is 1.12 bits per heavy atom. The lowest BCUT2D eigenvalue weighted by atomic mass is 9.78. The number of benzene rings is 1. The molecule has 4 nitrogen and oxygen atoms in total. The van der Waals surface area contributed by atoms with Crippen LogP contribution in [0.1, 0.15) is 53.0 Å². The second-order valence-corrected chi connectivity index (χ2v) is 8.94. The highest BCUT2D eigenvalue weighted by molar-refractivity contribution is 6.62. The van der Waals surface area contributed by atoms with Crippen LogP contribution in [0.5, 0.6) is 0 Å². The van der Waals surface area contributed by atoms with Crippen LogP contribution in [0.25, 0.3) is 0 Å². The molecule has 2 saturated heterocycles. The van der Waals surface area contributed by atoms with Crippen LogP contribution in [0.3, 0.4) is 0 Å². The third kappa shape index (κ3) is 3.74. The minimum Gasteiger partial charge on any atom is -0.399 e. The second kappa shape index (κ2) is 6.60. The van der Waals surface area contributed by atoms with Gasteiger partial charge in [0.25, 0.3) is 0 Å². The molecule has 2 aliphatic rings. The summed E-state index contributed by atoms with van der Waals surface area (Å²) in [6, 6.07) is 7.44. The van der Waals surface area contributed by atoms with Gasteiger partial charge in [0.15, 0.2) is 0 Å². The van der Waals surface area contributed by atoms with Gasteiger partial charge in [0.2, 0.25) is 0 Å². The molecule has 0 saturated carbocycles. The quantitative estimate of drug-likeness (QED) is 0.784. The molecule has 2 fully saturated rings. The van der Waals surface area contributed by atoms with Gasteiger partial charge < -0.3 is 19.1 Å². The predicted molar refractivity (Wildman–Crippen MR) is 106 cm³/mol. The highest BCUT2D eigenvalue weighted by atomic mass is 16.7. The maximum Gasteiger partial charge on any atom is 0.494 e. The average Bonchev–Trinajstić information content (AvgIpc) is 2.99. The van der Waals surface area contributed by atoms with Crippen molar-refractivity contribution < 1.29 is 9.31 Å². The fourth-order valence-corrected chi connectivity index (χ4v) is 3.75. The molecule has 0 aliphatic carbocycles.